The first-order valence-corrected chi connectivity index (χ1v) is 21.7. The van der Waals surface area contributed by atoms with Crippen LogP contribution >= 0.6 is 11.3 Å². The highest BCUT2D eigenvalue weighted by Gasteiger charge is 2.46. The van der Waals surface area contributed by atoms with Crippen molar-refractivity contribution < 1.29 is 0 Å². The van der Waals surface area contributed by atoms with Gasteiger partial charge in [-0.05, 0) is 68.8 Å². The van der Waals surface area contributed by atoms with E-state index in [9.17, 15) is 0 Å². The van der Waals surface area contributed by atoms with Crippen molar-refractivity contribution in [3.63, 3.8) is 0 Å². The normalized spacial score (nSPS) is 12.6. The molecule has 0 bridgehead atoms. The Hall–Kier alpha value is -7.86. The summed E-state index contributed by atoms with van der Waals surface area (Å²) in [6.07, 6.45) is 1.90. The predicted molar refractivity (Wildman–Crippen MR) is 255 cm³/mol. The molecule has 0 radical (unpaired) electrons. The Morgan fingerprint density at radius 1 is 0.355 bits per heavy atom. The van der Waals surface area contributed by atoms with Crippen molar-refractivity contribution in [2.24, 2.45) is 0 Å². The third-order valence-electron chi connectivity index (χ3n) is 12.3. The van der Waals surface area contributed by atoms with Crippen molar-refractivity contribution in [2.45, 2.75) is 5.41 Å². The van der Waals surface area contributed by atoms with Crippen molar-refractivity contribution in [1.29, 1.82) is 0 Å². The van der Waals surface area contributed by atoms with Gasteiger partial charge in [-0.2, -0.15) is 0 Å². The van der Waals surface area contributed by atoms with Crippen LogP contribution in [0.15, 0.2) is 219 Å². The smallest absolute Gasteiger partial charge is 0.165 e. The number of hydrogen-bond donors (Lipinski definition) is 0. The minimum absolute atomic E-state index is 0.548. The molecule has 11 aromatic rings. The third-order valence-corrected chi connectivity index (χ3v) is 13.5. The Bertz CT molecular complexity index is 3400. The number of benzene rings is 8. The molecule has 0 saturated heterocycles. The maximum Gasteiger partial charge on any atom is 0.165 e. The van der Waals surface area contributed by atoms with Crippen molar-refractivity contribution in [1.82, 2.24) is 19.9 Å². The number of aromatic nitrogens is 4. The van der Waals surface area contributed by atoms with Crippen LogP contribution in [0.4, 0.5) is 0 Å². The van der Waals surface area contributed by atoms with Crippen LogP contribution in [0.3, 0.4) is 0 Å². The zero-order valence-corrected chi connectivity index (χ0v) is 34.3. The van der Waals surface area contributed by atoms with Gasteiger partial charge in [-0.25, -0.2) is 15.0 Å². The molecule has 12 rings (SSSR count). The van der Waals surface area contributed by atoms with Gasteiger partial charge in [0, 0.05) is 48.6 Å². The number of thiophene rings is 1. The summed E-state index contributed by atoms with van der Waals surface area (Å²) in [7, 11) is 0. The second-order valence-electron chi connectivity index (χ2n) is 15.8. The van der Waals surface area contributed by atoms with Crippen molar-refractivity contribution in [3.8, 4) is 67.7 Å². The van der Waals surface area contributed by atoms with E-state index in [1.54, 1.807) is 0 Å². The molecule has 0 fully saturated rings. The van der Waals surface area contributed by atoms with Gasteiger partial charge in [0.15, 0.2) is 17.5 Å². The Labute approximate surface area is 363 Å². The van der Waals surface area contributed by atoms with Crippen LogP contribution in [0.1, 0.15) is 22.3 Å². The lowest BCUT2D eigenvalue weighted by molar-refractivity contribution is 0.768. The number of pyridine rings is 1. The SMILES string of the molecule is c1ccc(-c2ccc(-c3nc(-c4ccc(-c5cccc6c5sc5ccccc56)nc4)nc(-c4ccc5c(c4)C(c4ccccc4)(c4ccccc4)c4ccccc4-5)n3)cc2)cc1. The fourth-order valence-corrected chi connectivity index (χ4v) is 10.6. The van der Waals surface area contributed by atoms with Crippen LogP contribution < -0.4 is 0 Å². The van der Waals surface area contributed by atoms with E-state index >= 15 is 0 Å². The highest BCUT2D eigenvalue weighted by atomic mass is 32.1. The molecule has 0 saturated carbocycles. The molecule has 3 heterocycles. The zero-order chi connectivity index (χ0) is 41.0. The highest BCUT2D eigenvalue weighted by Crippen LogP contribution is 2.56. The molecule has 1 aliphatic carbocycles. The van der Waals surface area contributed by atoms with Crippen molar-refractivity contribution in [2.75, 3.05) is 0 Å². The van der Waals surface area contributed by atoms with E-state index in [1.807, 2.05) is 23.6 Å². The predicted octanol–water partition coefficient (Wildman–Crippen LogP) is 14.3. The topological polar surface area (TPSA) is 51.6 Å². The van der Waals surface area contributed by atoms with Crippen molar-refractivity contribution in [3.05, 3.63) is 241 Å². The molecule has 8 aromatic carbocycles. The first-order valence-electron chi connectivity index (χ1n) is 20.9. The van der Waals surface area contributed by atoms with Crippen molar-refractivity contribution >= 4 is 31.5 Å². The maximum absolute atomic E-state index is 5.25. The summed E-state index contributed by atoms with van der Waals surface area (Å²) in [4.78, 5) is 20.7. The van der Waals surface area contributed by atoms with Gasteiger partial charge in [0.2, 0.25) is 0 Å². The van der Waals surface area contributed by atoms with Crippen LogP contribution in [-0.4, -0.2) is 19.9 Å². The van der Waals surface area contributed by atoms with Crippen LogP contribution in [0.2, 0.25) is 0 Å². The van der Waals surface area contributed by atoms with E-state index in [0.29, 0.717) is 17.5 Å². The fourth-order valence-electron chi connectivity index (χ4n) is 9.42. The van der Waals surface area contributed by atoms with E-state index < -0.39 is 5.41 Å². The number of rotatable bonds is 7. The second-order valence-corrected chi connectivity index (χ2v) is 16.8. The summed E-state index contributed by atoms with van der Waals surface area (Å²) < 4.78 is 2.51. The molecule has 5 heteroatoms. The van der Waals surface area contributed by atoms with Gasteiger partial charge in [-0.3, -0.25) is 4.98 Å². The molecule has 1 aliphatic rings. The molecule has 0 spiro atoms. The molecule has 0 amide bonds. The first-order chi connectivity index (χ1) is 30.7. The average Bonchev–Trinajstić information content (AvgIpc) is 3.89. The summed E-state index contributed by atoms with van der Waals surface area (Å²) in [5.74, 6) is 1.77. The van der Waals surface area contributed by atoms with E-state index in [4.69, 9.17) is 19.9 Å². The van der Waals surface area contributed by atoms with Crippen LogP contribution in [-0.2, 0) is 5.41 Å². The van der Waals surface area contributed by atoms with Gasteiger partial charge in [0.1, 0.15) is 0 Å². The molecule has 0 N–H and O–H groups in total. The monoisotopic (exact) mass is 808 g/mol. The molecule has 0 unspecified atom stereocenters. The fraction of sp³-hybridized carbons (Fsp3) is 0.0175. The molecule has 290 valence electrons. The third kappa shape index (κ3) is 5.81. The van der Waals surface area contributed by atoms with Gasteiger partial charge in [0.25, 0.3) is 0 Å². The highest BCUT2D eigenvalue weighted by molar-refractivity contribution is 7.26. The standard InChI is InChI=1S/C57H36N4S/c1-4-15-37(16-5-1)38-27-29-39(30-28-38)54-59-55(61-56(60-54)41-32-34-51(58-36-41)48-24-14-23-47-46-22-11-13-26-52(46)62-53(47)48)40-31-33-45-44-21-10-12-25-49(44)57(50(45)35-40,42-17-6-2-7-18-42)43-19-8-3-9-20-43/h1-36H. The molecular weight excluding hydrogens is 773 g/mol. The second kappa shape index (κ2) is 14.7. The quantitative estimate of drug-likeness (QED) is 0.161. The first kappa shape index (κ1) is 36.0. The average molecular weight is 809 g/mol. The lowest BCUT2D eigenvalue weighted by atomic mass is 9.67. The van der Waals surface area contributed by atoms with E-state index in [1.165, 1.54) is 53.6 Å². The molecular formula is C57H36N4S. The maximum atomic E-state index is 5.25. The van der Waals surface area contributed by atoms with E-state index in [0.717, 1.165) is 39.1 Å². The molecule has 4 nitrogen and oxygen atoms in total. The molecule has 3 aromatic heterocycles. The Morgan fingerprint density at radius 3 is 1.61 bits per heavy atom. The van der Waals surface area contributed by atoms with Crippen LogP contribution in [0.25, 0.3) is 87.8 Å². The number of fused-ring (bicyclic) bond motifs is 6. The summed E-state index contributed by atoms with van der Waals surface area (Å²) in [5.41, 5.74) is 13.7. The largest absolute Gasteiger partial charge is 0.255 e. The minimum atomic E-state index is -0.548. The lowest BCUT2D eigenvalue weighted by Crippen LogP contribution is -2.28. The van der Waals surface area contributed by atoms with E-state index in [-0.39, 0.29) is 0 Å². The van der Waals surface area contributed by atoms with Gasteiger partial charge >= 0.3 is 0 Å². The minimum Gasteiger partial charge on any atom is -0.255 e. The summed E-state index contributed by atoms with van der Waals surface area (Å²) in [6, 6.07) is 75.5. The Kier molecular flexibility index (Phi) is 8.54. The van der Waals surface area contributed by atoms with E-state index in [2.05, 4.69) is 206 Å². The Balaban J connectivity index is 1.02. The Morgan fingerprint density at radius 2 is 0.887 bits per heavy atom. The summed E-state index contributed by atoms with van der Waals surface area (Å²) in [6.45, 7) is 0. The molecule has 0 aliphatic heterocycles. The number of nitrogens with zero attached hydrogens (tertiary/aromatic N) is 4. The summed E-state index contributed by atoms with van der Waals surface area (Å²) in [5, 5.41) is 2.52. The van der Waals surface area contributed by atoms with Crippen LogP contribution in [0.5, 0.6) is 0 Å². The lowest BCUT2D eigenvalue weighted by Gasteiger charge is -2.34. The summed E-state index contributed by atoms with van der Waals surface area (Å²) >= 11 is 1.81. The van der Waals surface area contributed by atoms with Gasteiger partial charge in [-0.1, -0.05) is 188 Å². The van der Waals surface area contributed by atoms with Crippen LogP contribution in [0, 0.1) is 0 Å². The number of hydrogen-bond acceptors (Lipinski definition) is 5. The zero-order valence-electron chi connectivity index (χ0n) is 33.5. The molecule has 0 atom stereocenters. The van der Waals surface area contributed by atoms with Gasteiger partial charge in [-0.15, -0.1) is 11.3 Å². The molecule has 62 heavy (non-hydrogen) atoms. The van der Waals surface area contributed by atoms with Gasteiger partial charge < -0.3 is 0 Å². The van der Waals surface area contributed by atoms with Gasteiger partial charge in [0.05, 0.1) is 11.1 Å².